The van der Waals surface area contributed by atoms with Gasteiger partial charge in [0.1, 0.15) is 29.9 Å². The van der Waals surface area contributed by atoms with E-state index < -0.39 is 49.1 Å². The third-order valence-electron chi connectivity index (χ3n) is 5.87. The number of phosphoric acid groups is 1. The maximum absolute atomic E-state index is 13.0. The van der Waals surface area contributed by atoms with E-state index in [9.17, 15) is 19.6 Å². The average Bonchev–Trinajstić information content (AvgIpc) is 3.03. The highest BCUT2D eigenvalue weighted by atomic mass is 35.5. The van der Waals surface area contributed by atoms with Crippen molar-refractivity contribution in [1.82, 2.24) is 10.2 Å². The predicted molar refractivity (Wildman–Crippen MR) is 118 cm³/mol. The molecule has 0 aromatic carbocycles. The molecule has 2 heterocycles. The second-order valence-corrected chi connectivity index (χ2v) is 11.1. The standard InChI is InChI=1S/C18H34ClN2O8PS/c1-5-6-10-7-11(21(3)8-10)17(24)20-12(9(2)19)15-13(22)14(23)16(18(28-15)31-4)29-30(25,26)27/h9-16,18,22-23H,5-8H2,1-4H3,(H,20,24)(H2,25,26,27)/t9?,10-,11?,12?,13?,14?,15?,16?,18?/m1/s1. The van der Waals surface area contributed by atoms with Gasteiger partial charge in [-0.15, -0.1) is 23.4 Å². The van der Waals surface area contributed by atoms with E-state index in [4.69, 9.17) is 26.1 Å². The van der Waals surface area contributed by atoms with Crippen LogP contribution in [-0.4, -0.2) is 98.0 Å². The fourth-order valence-electron chi connectivity index (χ4n) is 4.37. The van der Waals surface area contributed by atoms with Crippen LogP contribution < -0.4 is 5.32 Å². The number of amides is 1. The Labute approximate surface area is 192 Å². The molecule has 0 bridgehead atoms. The van der Waals surface area contributed by atoms with Gasteiger partial charge in [0.15, 0.2) is 0 Å². The first-order valence-electron chi connectivity index (χ1n) is 10.3. The van der Waals surface area contributed by atoms with Gasteiger partial charge in [0, 0.05) is 6.54 Å². The molecule has 0 aliphatic carbocycles. The van der Waals surface area contributed by atoms with Gasteiger partial charge in [-0.1, -0.05) is 13.3 Å². The summed E-state index contributed by atoms with van der Waals surface area (Å²) < 4.78 is 21.7. The molecule has 2 saturated heterocycles. The van der Waals surface area contributed by atoms with Crippen LogP contribution >= 0.6 is 31.2 Å². The van der Waals surface area contributed by atoms with Crippen molar-refractivity contribution in [1.29, 1.82) is 0 Å². The first kappa shape index (κ1) is 27.3. The zero-order chi connectivity index (χ0) is 23.5. The number of hydrogen-bond donors (Lipinski definition) is 5. The van der Waals surface area contributed by atoms with Crippen molar-refractivity contribution >= 4 is 37.1 Å². The van der Waals surface area contributed by atoms with Gasteiger partial charge in [-0.25, -0.2) is 4.57 Å². The molecule has 0 saturated carbocycles. The largest absolute Gasteiger partial charge is 0.470 e. The lowest BCUT2D eigenvalue weighted by atomic mass is 9.92. The molecule has 13 heteroatoms. The van der Waals surface area contributed by atoms with Crippen LogP contribution in [0.3, 0.4) is 0 Å². The van der Waals surface area contributed by atoms with Gasteiger partial charge in [0.2, 0.25) is 5.91 Å². The molecule has 2 rings (SSSR count). The van der Waals surface area contributed by atoms with E-state index in [1.165, 1.54) is 0 Å². The number of likely N-dealkylation sites (tertiary alicyclic amines) is 1. The van der Waals surface area contributed by atoms with Gasteiger partial charge in [0.05, 0.1) is 17.5 Å². The van der Waals surface area contributed by atoms with E-state index in [2.05, 4.69) is 16.8 Å². The number of halogens is 1. The lowest BCUT2D eigenvalue weighted by Crippen LogP contribution is -2.65. The Kier molecular flexibility index (Phi) is 10.1. The van der Waals surface area contributed by atoms with Crippen LogP contribution in [0.25, 0.3) is 0 Å². The van der Waals surface area contributed by atoms with Crippen molar-refractivity contribution in [2.24, 2.45) is 5.92 Å². The van der Waals surface area contributed by atoms with Crippen LogP contribution in [0.15, 0.2) is 0 Å². The molecule has 2 aliphatic rings. The van der Waals surface area contributed by atoms with Crippen LogP contribution in [0.2, 0.25) is 0 Å². The maximum atomic E-state index is 13.0. The molecule has 0 aromatic rings. The summed E-state index contributed by atoms with van der Waals surface area (Å²) in [5.41, 5.74) is -0.992. The van der Waals surface area contributed by atoms with Crippen molar-refractivity contribution in [3.05, 3.63) is 0 Å². The second kappa shape index (κ2) is 11.5. The van der Waals surface area contributed by atoms with Gasteiger partial charge >= 0.3 is 7.82 Å². The third kappa shape index (κ3) is 7.02. The Balaban J connectivity index is 2.15. The minimum atomic E-state index is -4.93. The van der Waals surface area contributed by atoms with Crippen molar-refractivity contribution in [2.75, 3.05) is 19.8 Å². The number of carbonyl (C=O) groups is 1. The number of nitrogens with zero attached hydrogens (tertiary/aromatic N) is 1. The van der Waals surface area contributed by atoms with Crippen LogP contribution in [0.5, 0.6) is 0 Å². The number of aliphatic hydroxyl groups excluding tert-OH is 2. The molecule has 9 atom stereocenters. The number of rotatable bonds is 9. The van der Waals surface area contributed by atoms with Crippen LogP contribution in [-0.2, 0) is 18.6 Å². The Bertz CT molecular complexity index is 654. The molecule has 5 N–H and O–H groups in total. The molecule has 31 heavy (non-hydrogen) atoms. The third-order valence-corrected chi connectivity index (χ3v) is 7.50. The van der Waals surface area contributed by atoms with E-state index in [-0.39, 0.29) is 11.9 Å². The minimum Gasteiger partial charge on any atom is -0.388 e. The number of ether oxygens (including phenoxy) is 1. The number of nitrogens with one attached hydrogen (secondary N) is 1. The summed E-state index contributed by atoms with van der Waals surface area (Å²) in [6.07, 6.45) is -1.37. The van der Waals surface area contributed by atoms with E-state index in [1.54, 1.807) is 13.2 Å². The molecule has 2 aliphatic heterocycles. The Morgan fingerprint density at radius 1 is 1.39 bits per heavy atom. The number of aliphatic hydroxyl groups is 2. The summed E-state index contributed by atoms with van der Waals surface area (Å²) >= 11 is 7.38. The van der Waals surface area contributed by atoms with Crippen LogP contribution in [0.4, 0.5) is 0 Å². The lowest BCUT2D eigenvalue weighted by molar-refractivity contribution is -0.201. The number of carbonyl (C=O) groups excluding carboxylic acids is 1. The first-order chi connectivity index (χ1) is 14.4. The van der Waals surface area contributed by atoms with Crippen molar-refractivity contribution < 1.29 is 38.6 Å². The molecular formula is C18H34ClN2O8PS. The highest BCUT2D eigenvalue weighted by Crippen LogP contribution is 2.43. The molecule has 0 spiro atoms. The second-order valence-electron chi connectivity index (χ2n) is 8.30. The smallest absolute Gasteiger partial charge is 0.388 e. The van der Waals surface area contributed by atoms with Gasteiger partial charge < -0.3 is 30.1 Å². The summed E-state index contributed by atoms with van der Waals surface area (Å²) in [4.78, 5) is 33.3. The zero-order valence-corrected chi connectivity index (χ0v) is 20.6. The van der Waals surface area contributed by atoms with Crippen molar-refractivity contribution in [2.45, 2.75) is 80.4 Å². The number of likely N-dealkylation sites (N-methyl/N-ethyl adjacent to an activating group) is 1. The number of alkyl halides is 1. The Hall–Kier alpha value is 0.0600. The summed E-state index contributed by atoms with van der Waals surface area (Å²) in [7, 11) is -3.04. The van der Waals surface area contributed by atoms with E-state index >= 15 is 0 Å². The fourth-order valence-corrected chi connectivity index (χ4v) is 5.93. The molecule has 8 unspecified atom stereocenters. The number of hydrogen-bond acceptors (Lipinski definition) is 8. The van der Waals surface area contributed by atoms with E-state index in [0.29, 0.717) is 5.92 Å². The van der Waals surface area contributed by atoms with Gasteiger partial charge in [-0.3, -0.25) is 14.2 Å². The Morgan fingerprint density at radius 2 is 2.03 bits per heavy atom. The SMILES string of the molecule is CCC[C@@H]1CC(C(=O)NC(C(C)Cl)C2OC(SC)C(OP(=O)(O)O)C(O)C2O)N(C)C1. The van der Waals surface area contributed by atoms with E-state index in [0.717, 1.165) is 37.6 Å². The summed E-state index contributed by atoms with van der Waals surface area (Å²) in [6, 6.07) is -1.18. The lowest BCUT2D eigenvalue weighted by Gasteiger charge is -2.45. The van der Waals surface area contributed by atoms with Gasteiger partial charge in [-0.05, 0) is 39.0 Å². The summed E-state index contributed by atoms with van der Waals surface area (Å²) in [6.45, 7) is 4.57. The molecule has 182 valence electrons. The van der Waals surface area contributed by atoms with Gasteiger partial charge in [-0.2, -0.15) is 0 Å². The molecule has 0 aromatic heterocycles. The van der Waals surface area contributed by atoms with Crippen LogP contribution in [0, 0.1) is 5.92 Å². The number of thioether (sulfide) groups is 1. The van der Waals surface area contributed by atoms with Crippen molar-refractivity contribution in [3.63, 3.8) is 0 Å². The number of phosphoric ester groups is 1. The summed E-state index contributed by atoms with van der Waals surface area (Å²) in [5.74, 6) is 0.195. The zero-order valence-electron chi connectivity index (χ0n) is 18.1. The molecular weight excluding hydrogens is 471 g/mol. The summed E-state index contributed by atoms with van der Waals surface area (Å²) in [5, 5.41) is 23.4. The normalized spacial score (nSPS) is 36.9. The first-order valence-corrected chi connectivity index (χ1v) is 13.6. The van der Waals surface area contributed by atoms with Crippen molar-refractivity contribution in [3.8, 4) is 0 Å². The quantitative estimate of drug-likeness (QED) is 0.222. The maximum Gasteiger partial charge on any atom is 0.470 e. The molecule has 1 amide bonds. The Morgan fingerprint density at radius 3 is 2.55 bits per heavy atom. The molecule has 10 nitrogen and oxygen atoms in total. The van der Waals surface area contributed by atoms with Gasteiger partial charge in [0.25, 0.3) is 0 Å². The minimum absolute atomic E-state index is 0.238. The highest BCUT2D eigenvalue weighted by Gasteiger charge is 2.51. The average molecular weight is 505 g/mol. The monoisotopic (exact) mass is 504 g/mol. The predicted octanol–water partition coefficient (Wildman–Crippen LogP) is 0.507. The highest BCUT2D eigenvalue weighted by molar-refractivity contribution is 7.99. The van der Waals surface area contributed by atoms with E-state index in [1.807, 2.05) is 11.9 Å². The molecule has 0 radical (unpaired) electrons. The fraction of sp³-hybridized carbons (Fsp3) is 0.944. The topological polar surface area (TPSA) is 149 Å². The molecule has 2 fully saturated rings. The van der Waals surface area contributed by atoms with Crippen LogP contribution in [0.1, 0.15) is 33.1 Å².